The number of amides is 1. The van der Waals surface area contributed by atoms with Gasteiger partial charge in [-0.25, -0.2) is 13.1 Å². The number of carbonyl (C=O) groups is 1. The van der Waals surface area contributed by atoms with Crippen molar-refractivity contribution in [1.29, 1.82) is 0 Å². The molecule has 1 amide bonds. The lowest BCUT2D eigenvalue weighted by Crippen LogP contribution is -2.36. The lowest BCUT2D eigenvalue weighted by atomic mass is 10.4. The predicted molar refractivity (Wildman–Crippen MR) is 65.2 cm³/mol. The largest absolute Gasteiger partial charge is 0.383 e. The van der Waals surface area contributed by atoms with Crippen LogP contribution in [0.5, 0.6) is 0 Å². The van der Waals surface area contributed by atoms with Crippen LogP contribution in [0, 0.1) is 0 Å². The molecule has 0 aliphatic rings. The van der Waals surface area contributed by atoms with Gasteiger partial charge in [0.1, 0.15) is 0 Å². The van der Waals surface area contributed by atoms with Gasteiger partial charge in [0.25, 0.3) is 0 Å². The van der Waals surface area contributed by atoms with Crippen molar-refractivity contribution in [3.05, 3.63) is 0 Å². The second-order valence-corrected chi connectivity index (χ2v) is 5.37. The first-order valence-electron chi connectivity index (χ1n) is 5.36. The van der Waals surface area contributed by atoms with Gasteiger partial charge in [-0.1, -0.05) is 0 Å². The quantitative estimate of drug-likeness (QED) is 0.409. The molecule has 0 saturated carbocycles. The van der Waals surface area contributed by atoms with Gasteiger partial charge in [-0.05, 0) is 6.42 Å². The molecule has 17 heavy (non-hydrogen) atoms. The lowest BCUT2D eigenvalue weighted by Gasteiger charge is -2.06. The number of hydrogen-bond donors (Lipinski definition) is 3. The second kappa shape index (κ2) is 9.34. The second-order valence-electron chi connectivity index (χ2n) is 3.54. The molecule has 0 aliphatic heterocycles. The van der Waals surface area contributed by atoms with Crippen LogP contribution >= 0.6 is 0 Å². The Morgan fingerprint density at radius 3 is 2.53 bits per heavy atom. The van der Waals surface area contributed by atoms with Crippen LogP contribution in [0.25, 0.3) is 0 Å². The first kappa shape index (κ1) is 16.3. The maximum absolute atomic E-state index is 11.2. The van der Waals surface area contributed by atoms with Gasteiger partial charge in [-0.15, -0.1) is 0 Å². The van der Waals surface area contributed by atoms with Gasteiger partial charge in [0, 0.05) is 26.7 Å². The van der Waals surface area contributed by atoms with Crippen LogP contribution in [0.3, 0.4) is 0 Å². The van der Waals surface area contributed by atoms with Crippen LogP contribution in [0.2, 0.25) is 0 Å². The fourth-order valence-electron chi connectivity index (χ4n) is 1.01. The molecule has 0 spiro atoms. The first-order chi connectivity index (χ1) is 7.95. The van der Waals surface area contributed by atoms with Crippen molar-refractivity contribution in [3.63, 3.8) is 0 Å². The number of methoxy groups -OCH3 is 1. The van der Waals surface area contributed by atoms with E-state index >= 15 is 0 Å². The molecule has 0 heterocycles. The van der Waals surface area contributed by atoms with E-state index < -0.39 is 10.0 Å². The van der Waals surface area contributed by atoms with E-state index in [-0.39, 0.29) is 12.5 Å². The normalized spacial score (nSPS) is 11.4. The molecule has 0 unspecified atom stereocenters. The van der Waals surface area contributed by atoms with Gasteiger partial charge in [-0.3, -0.25) is 4.79 Å². The zero-order valence-corrected chi connectivity index (χ0v) is 11.1. The molecule has 8 heteroatoms. The first-order valence-corrected chi connectivity index (χ1v) is 7.26. The summed E-state index contributed by atoms with van der Waals surface area (Å²) in [6.45, 7) is 2.21. The molecule has 0 aromatic heterocycles. The van der Waals surface area contributed by atoms with E-state index in [0.717, 1.165) is 6.26 Å². The molecule has 0 aliphatic carbocycles. The summed E-state index contributed by atoms with van der Waals surface area (Å²) in [5.74, 6) is -0.111. The van der Waals surface area contributed by atoms with E-state index in [9.17, 15) is 13.2 Å². The molecule has 0 aromatic rings. The highest BCUT2D eigenvalue weighted by molar-refractivity contribution is 7.88. The van der Waals surface area contributed by atoms with Crippen LogP contribution in [0.1, 0.15) is 6.42 Å². The topological polar surface area (TPSA) is 96.5 Å². The molecule has 0 saturated heterocycles. The third kappa shape index (κ3) is 13.2. The van der Waals surface area contributed by atoms with Gasteiger partial charge in [0.2, 0.25) is 15.9 Å². The molecule has 0 bridgehead atoms. The van der Waals surface area contributed by atoms with Crippen LogP contribution < -0.4 is 15.4 Å². The third-order valence-electron chi connectivity index (χ3n) is 1.81. The summed E-state index contributed by atoms with van der Waals surface area (Å²) in [5.41, 5.74) is 0. The number of nitrogens with one attached hydrogen (secondary N) is 3. The van der Waals surface area contributed by atoms with Crippen molar-refractivity contribution in [3.8, 4) is 0 Å². The van der Waals surface area contributed by atoms with Crippen molar-refractivity contribution in [2.75, 3.05) is 46.2 Å². The average Bonchev–Trinajstić information content (AvgIpc) is 2.22. The highest BCUT2D eigenvalue weighted by Gasteiger charge is 2.01. The van der Waals surface area contributed by atoms with Gasteiger partial charge < -0.3 is 15.4 Å². The van der Waals surface area contributed by atoms with Crippen LogP contribution in [-0.2, 0) is 19.6 Å². The Kier molecular flexibility index (Phi) is 8.96. The molecule has 0 atom stereocenters. The van der Waals surface area contributed by atoms with Crippen LogP contribution in [-0.4, -0.2) is 60.5 Å². The number of hydrogen-bond acceptors (Lipinski definition) is 5. The fourth-order valence-corrected chi connectivity index (χ4v) is 1.53. The number of ether oxygens (including phenoxy) is 1. The predicted octanol–water partition coefficient (Wildman–Crippen LogP) is -1.72. The van der Waals surface area contributed by atoms with Gasteiger partial charge in [0.05, 0.1) is 19.4 Å². The number of carbonyl (C=O) groups excluding carboxylic acids is 1. The van der Waals surface area contributed by atoms with E-state index in [1.54, 1.807) is 7.11 Å². The zero-order chi connectivity index (χ0) is 13.1. The monoisotopic (exact) mass is 267 g/mol. The van der Waals surface area contributed by atoms with Crippen molar-refractivity contribution in [1.82, 2.24) is 15.4 Å². The van der Waals surface area contributed by atoms with Gasteiger partial charge in [0.15, 0.2) is 0 Å². The van der Waals surface area contributed by atoms with Crippen molar-refractivity contribution in [2.45, 2.75) is 6.42 Å². The Balaban J connectivity index is 3.33. The standard InChI is InChI=1S/C9H21N3O4S/c1-16-7-6-10-8-9(13)11-4-3-5-12-17(2,14)15/h10,12H,3-8H2,1-2H3,(H,11,13). The molecule has 0 aromatic carbocycles. The van der Waals surface area contributed by atoms with E-state index in [2.05, 4.69) is 15.4 Å². The average molecular weight is 267 g/mol. The van der Waals surface area contributed by atoms with Crippen molar-refractivity contribution < 1.29 is 17.9 Å². The van der Waals surface area contributed by atoms with E-state index in [1.807, 2.05) is 0 Å². The van der Waals surface area contributed by atoms with E-state index in [4.69, 9.17) is 4.74 Å². The summed E-state index contributed by atoms with van der Waals surface area (Å²) >= 11 is 0. The van der Waals surface area contributed by atoms with Gasteiger partial charge >= 0.3 is 0 Å². The zero-order valence-electron chi connectivity index (χ0n) is 10.3. The Morgan fingerprint density at radius 2 is 1.94 bits per heavy atom. The molecule has 0 radical (unpaired) electrons. The Bertz CT molecular complexity index is 305. The summed E-state index contributed by atoms with van der Waals surface area (Å²) in [4.78, 5) is 11.2. The molecule has 102 valence electrons. The third-order valence-corrected chi connectivity index (χ3v) is 2.54. The molecule has 0 rings (SSSR count). The van der Waals surface area contributed by atoms with E-state index in [0.29, 0.717) is 32.7 Å². The molecule has 3 N–H and O–H groups in total. The smallest absolute Gasteiger partial charge is 0.233 e. The minimum atomic E-state index is -3.13. The fraction of sp³-hybridized carbons (Fsp3) is 0.889. The van der Waals surface area contributed by atoms with Crippen LogP contribution in [0.4, 0.5) is 0 Å². The molecular formula is C9H21N3O4S. The van der Waals surface area contributed by atoms with Crippen molar-refractivity contribution in [2.24, 2.45) is 0 Å². The van der Waals surface area contributed by atoms with Gasteiger partial charge in [-0.2, -0.15) is 0 Å². The summed E-state index contributed by atoms with van der Waals surface area (Å²) in [7, 11) is -1.54. The maximum atomic E-state index is 11.2. The SMILES string of the molecule is COCCNCC(=O)NCCCNS(C)(=O)=O. The molecular weight excluding hydrogens is 246 g/mol. The van der Waals surface area contributed by atoms with Crippen LogP contribution in [0.15, 0.2) is 0 Å². The molecule has 0 fully saturated rings. The Morgan fingerprint density at radius 1 is 1.24 bits per heavy atom. The minimum Gasteiger partial charge on any atom is -0.383 e. The Labute approximate surface area is 102 Å². The highest BCUT2D eigenvalue weighted by Crippen LogP contribution is 1.78. The number of rotatable bonds is 10. The summed E-state index contributed by atoms with van der Waals surface area (Å²) < 4.78 is 28.6. The highest BCUT2D eigenvalue weighted by atomic mass is 32.2. The summed E-state index contributed by atoms with van der Waals surface area (Å²) in [6.07, 6.45) is 1.67. The summed E-state index contributed by atoms with van der Waals surface area (Å²) in [6, 6.07) is 0. The Hall–Kier alpha value is -0.700. The van der Waals surface area contributed by atoms with E-state index in [1.165, 1.54) is 0 Å². The van der Waals surface area contributed by atoms with Crippen molar-refractivity contribution >= 4 is 15.9 Å². The minimum absolute atomic E-state index is 0.111. The lowest BCUT2D eigenvalue weighted by molar-refractivity contribution is -0.120. The summed E-state index contributed by atoms with van der Waals surface area (Å²) in [5, 5.41) is 5.57. The maximum Gasteiger partial charge on any atom is 0.233 e. The molecule has 7 nitrogen and oxygen atoms in total. The number of sulfonamides is 1.